The molecule has 2 aromatic rings. The van der Waals surface area contributed by atoms with Crippen molar-refractivity contribution in [3.63, 3.8) is 0 Å². The highest BCUT2D eigenvalue weighted by molar-refractivity contribution is 7.03. The number of aromatic nitrogens is 3. The summed E-state index contributed by atoms with van der Waals surface area (Å²) in [6, 6.07) is 0. The average molecular weight is 344 g/mol. The van der Waals surface area contributed by atoms with Crippen LogP contribution >= 0.6 is 11.5 Å². The van der Waals surface area contributed by atoms with Gasteiger partial charge in [-0.1, -0.05) is 0 Å². The van der Waals surface area contributed by atoms with Gasteiger partial charge in [0.1, 0.15) is 5.82 Å². The Morgan fingerprint density at radius 3 is 2.96 bits per heavy atom. The van der Waals surface area contributed by atoms with Crippen LogP contribution in [-0.2, 0) is 19.1 Å². The number of fused-ring (bicyclic) bond motifs is 1. The van der Waals surface area contributed by atoms with Crippen molar-refractivity contribution in [2.75, 3.05) is 6.54 Å². The van der Waals surface area contributed by atoms with E-state index in [1.165, 1.54) is 11.5 Å². The Balaban J connectivity index is 1.61. The highest BCUT2D eigenvalue weighted by atomic mass is 32.1. The number of nitrogens with zero attached hydrogens (tertiary/aromatic N) is 3. The lowest BCUT2D eigenvalue weighted by Gasteiger charge is -2.23. The molecule has 1 aliphatic heterocycles. The lowest BCUT2D eigenvalue weighted by atomic mass is 9.99. The van der Waals surface area contributed by atoms with Crippen molar-refractivity contribution < 1.29 is 18.0 Å². The van der Waals surface area contributed by atoms with Crippen molar-refractivity contribution in [1.82, 2.24) is 19.2 Å². The van der Waals surface area contributed by atoms with Crippen molar-refractivity contribution in [3.05, 3.63) is 34.4 Å². The van der Waals surface area contributed by atoms with Crippen molar-refractivity contribution >= 4 is 17.4 Å². The van der Waals surface area contributed by atoms with Crippen molar-refractivity contribution in [1.29, 1.82) is 0 Å². The highest BCUT2D eigenvalue weighted by Crippen LogP contribution is 2.30. The number of alkyl halides is 3. The van der Waals surface area contributed by atoms with Crippen molar-refractivity contribution in [2.45, 2.75) is 32.5 Å². The van der Waals surface area contributed by atoms with Crippen LogP contribution in [-0.4, -0.2) is 26.4 Å². The molecule has 3 heterocycles. The zero-order valence-electron chi connectivity index (χ0n) is 12.4. The number of imidazole rings is 1. The number of rotatable bonds is 3. The maximum absolute atomic E-state index is 12.7. The molecule has 1 unspecified atom stereocenters. The lowest BCUT2D eigenvalue weighted by molar-refractivity contribution is -0.141. The number of hydrogen-bond acceptors (Lipinski definition) is 4. The number of halogens is 3. The van der Waals surface area contributed by atoms with Crippen LogP contribution in [0.25, 0.3) is 0 Å². The van der Waals surface area contributed by atoms with Gasteiger partial charge in [0.15, 0.2) is 5.69 Å². The van der Waals surface area contributed by atoms with Gasteiger partial charge in [0.25, 0.3) is 5.91 Å². The number of hydrogen-bond donors (Lipinski definition) is 1. The Kier molecular flexibility index (Phi) is 4.13. The fourth-order valence-corrected chi connectivity index (χ4v) is 3.35. The van der Waals surface area contributed by atoms with E-state index in [0.29, 0.717) is 43.0 Å². The van der Waals surface area contributed by atoms with Gasteiger partial charge in [-0.2, -0.15) is 17.5 Å². The molecule has 1 atom stereocenters. The second-order valence-electron chi connectivity index (χ2n) is 5.62. The SMILES string of the molecule is Cc1nscc1C(=O)NCC1CCc2nc(C(F)(F)F)cn2C1. The van der Waals surface area contributed by atoms with E-state index in [1.807, 2.05) is 0 Å². The molecule has 0 fully saturated rings. The third-order valence-electron chi connectivity index (χ3n) is 3.93. The van der Waals surface area contributed by atoms with Gasteiger partial charge in [-0.3, -0.25) is 4.79 Å². The first-order valence-electron chi connectivity index (χ1n) is 7.17. The lowest BCUT2D eigenvalue weighted by Crippen LogP contribution is -2.33. The van der Waals surface area contributed by atoms with Crippen LogP contribution in [0.4, 0.5) is 13.2 Å². The Bertz CT molecular complexity index is 722. The summed E-state index contributed by atoms with van der Waals surface area (Å²) in [6.45, 7) is 2.62. The van der Waals surface area contributed by atoms with Gasteiger partial charge >= 0.3 is 6.18 Å². The minimum atomic E-state index is -4.42. The fraction of sp³-hybridized carbons (Fsp3) is 0.500. The molecule has 2 aromatic heterocycles. The summed E-state index contributed by atoms with van der Waals surface area (Å²) in [5.74, 6) is 0.357. The average Bonchev–Trinajstić information content (AvgIpc) is 3.09. The molecule has 9 heteroatoms. The molecule has 0 radical (unpaired) electrons. The van der Waals surface area contributed by atoms with E-state index in [0.717, 1.165) is 6.20 Å². The topological polar surface area (TPSA) is 59.8 Å². The predicted octanol–water partition coefficient (Wildman–Crippen LogP) is 2.66. The minimum absolute atomic E-state index is 0.0913. The highest BCUT2D eigenvalue weighted by Gasteiger charge is 2.35. The number of carbonyl (C=O) groups is 1. The molecule has 0 saturated heterocycles. The van der Waals surface area contributed by atoms with Gasteiger partial charge in [0, 0.05) is 31.1 Å². The predicted molar refractivity (Wildman–Crippen MR) is 78.2 cm³/mol. The monoisotopic (exact) mass is 344 g/mol. The van der Waals surface area contributed by atoms with Gasteiger partial charge < -0.3 is 9.88 Å². The molecule has 1 amide bonds. The van der Waals surface area contributed by atoms with Crippen molar-refractivity contribution in [3.8, 4) is 0 Å². The molecule has 0 aromatic carbocycles. The maximum atomic E-state index is 12.7. The molecular formula is C14H15F3N4OS. The van der Waals surface area contributed by atoms with Gasteiger partial charge in [-0.25, -0.2) is 4.98 Å². The maximum Gasteiger partial charge on any atom is 0.434 e. The molecule has 0 spiro atoms. The first-order chi connectivity index (χ1) is 10.8. The second kappa shape index (κ2) is 5.95. The van der Waals surface area contributed by atoms with Crippen LogP contribution in [0.15, 0.2) is 11.6 Å². The van der Waals surface area contributed by atoms with E-state index in [2.05, 4.69) is 14.7 Å². The number of amides is 1. The summed E-state index contributed by atoms with van der Waals surface area (Å²) >= 11 is 1.22. The molecule has 1 aliphatic rings. The molecule has 5 nitrogen and oxygen atoms in total. The standard InChI is InChI=1S/C14H15F3N4OS/c1-8-10(7-23-20-8)13(22)18-4-9-2-3-12-19-11(14(15,16)17)6-21(12)5-9/h6-7,9H,2-5H2,1H3,(H,18,22). The third-order valence-corrected chi connectivity index (χ3v) is 4.65. The zero-order chi connectivity index (χ0) is 16.6. The normalized spacial score (nSPS) is 17.8. The van der Waals surface area contributed by atoms with Gasteiger partial charge in [0.2, 0.25) is 0 Å². The second-order valence-corrected chi connectivity index (χ2v) is 6.25. The number of nitrogens with one attached hydrogen (secondary N) is 1. The van der Waals surface area contributed by atoms with E-state index >= 15 is 0 Å². The van der Waals surface area contributed by atoms with E-state index in [9.17, 15) is 18.0 Å². The first-order valence-corrected chi connectivity index (χ1v) is 8.00. The Hall–Kier alpha value is -1.90. The quantitative estimate of drug-likeness (QED) is 0.931. The summed E-state index contributed by atoms with van der Waals surface area (Å²) in [5, 5.41) is 4.52. The van der Waals surface area contributed by atoms with Gasteiger partial charge in [0.05, 0.1) is 11.3 Å². The van der Waals surface area contributed by atoms with Crippen LogP contribution < -0.4 is 5.32 Å². The van der Waals surface area contributed by atoms with Gasteiger partial charge in [-0.05, 0) is 30.8 Å². The van der Waals surface area contributed by atoms with Gasteiger partial charge in [-0.15, -0.1) is 0 Å². The molecular weight excluding hydrogens is 329 g/mol. The van der Waals surface area contributed by atoms with E-state index in [1.54, 1.807) is 16.9 Å². The smallest absolute Gasteiger partial charge is 0.352 e. The molecule has 0 aliphatic carbocycles. The fourth-order valence-electron chi connectivity index (χ4n) is 2.66. The van der Waals surface area contributed by atoms with E-state index in [-0.39, 0.29) is 11.8 Å². The molecule has 0 saturated carbocycles. The molecule has 124 valence electrons. The van der Waals surface area contributed by atoms with Crippen LogP contribution in [0, 0.1) is 12.8 Å². The van der Waals surface area contributed by atoms with E-state index in [4.69, 9.17) is 0 Å². The summed E-state index contributed by atoms with van der Waals surface area (Å²) in [6.07, 6.45) is -2.18. The van der Waals surface area contributed by atoms with Crippen LogP contribution in [0.3, 0.4) is 0 Å². The Labute approximate surface area is 134 Å². The summed E-state index contributed by atoms with van der Waals surface area (Å²) in [5.41, 5.74) is 0.383. The summed E-state index contributed by atoms with van der Waals surface area (Å²) in [7, 11) is 0. The van der Waals surface area contributed by atoms with Crippen LogP contribution in [0.2, 0.25) is 0 Å². The Morgan fingerprint density at radius 1 is 1.52 bits per heavy atom. The first kappa shape index (κ1) is 16.0. The van der Waals surface area contributed by atoms with Crippen LogP contribution in [0.5, 0.6) is 0 Å². The molecule has 0 bridgehead atoms. The van der Waals surface area contributed by atoms with Crippen LogP contribution in [0.1, 0.15) is 34.0 Å². The number of aryl methyl sites for hydroxylation is 2. The zero-order valence-corrected chi connectivity index (χ0v) is 13.2. The summed E-state index contributed by atoms with van der Waals surface area (Å²) < 4.78 is 43.6. The largest absolute Gasteiger partial charge is 0.434 e. The molecule has 23 heavy (non-hydrogen) atoms. The number of carbonyl (C=O) groups excluding carboxylic acids is 1. The molecule has 1 N–H and O–H groups in total. The van der Waals surface area contributed by atoms with Crippen molar-refractivity contribution in [2.24, 2.45) is 5.92 Å². The van der Waals surface area contributed by atoms with E-state index < -0.39 is 11.9 Å². The molecule has 3 rings (SSSR count). The Morgan fingerprint density at radius 2 is 2.30 bits per heavy atom. The minimum Gasteiger partial charge on any atom is -0.352 e. The summed E-state index contributed by atoms with van der Waals surface area (Å²) in [4.78, 5) is 15.7. The third kappa shape index (κ3) is 3.39.